The van der Waals surface area contributed by atoms with Crippen molar-refractivity contribution in [2.75, 3.05) is 39.3 Å². The van der Waals surface area contributed by atoms with Crippen molar-refractivity contribution >= 4 is 6.03 Å². The van der Waals surface area contributed by atoms with Crippen molar-refractivity contribution in [3.8, 4) is 0 Å². The van der Waals surface area contributed by atoms with Crippen molar-refractivity contribution in [3.63, 3.8) is 0 Å². The number of morpholine rings is 1. The lowest BCUT2D eigenvalue weighted by Crippen LogP contribution is -2.49. The maximum Gasteiger partial charge on any atom is 0.314 e. The van der Waals surface area contributed by atoms with Crippen molar-refractivity contribution in [1.82, 2.24) is 15.5 Å². The molecule has 1 saturated heterocycles. The molecule has 2 rings (SSSR count). The number of urea groups is 1. The number of rotatable bonds is 7. The van der Waals surface area contributed by atoms with Crippen LogP contribution in [-0.2, 0) is 11.2 Å². The van der Waals surface area contributed by atoms with Crippen LogP contribution in [-0.4, -0.2) is 56.4 Å². The monoisotopic (exact) mass is 319 g/mol. The second-order valence-corrected chi connectivity index (χ2v) is 6.52. The van der Waals surface area contributed by atoms with Gasteiger partial charge in [0.05, 0.1) is 12.7 Å². The number of carbonyl (C=O) groups excluding carboxylic acids is 1. The zero-order chi connectivity index (χ0) is 16.5. The summed E-state index contributed by atoms with van der Waals surface area (Å²) in [6.45, 7) is 9.36. The van der Waals surface area contributed by atoms with Crippen LogP contribution >= 0.6 is 0 Å². The first kappa shape index (κ1) is 17.8. The van der Waals surface area contributed by atoms with Crippen molar-refractivity contribution < 1.29 is 9.53 Å². The molecule has 0 aliphatic carbocycles. The van der Waals surface area contributed by atoms with E-state index in [1.54, 1.807) is 0 Å². The Kier molecular flexibility index (Phi) is 7.36. The number of hydrogen-bond donors (Lipinski definition) is 2. The lowest BCUT2D eigenvalue weighted by Gasteiger charge is -2.33. The molecule has 23 heavy (non-hydrogen) atoms. The Hall–Kier alpha value is -1.59. The van der Waals surface area contributed by atoms with Crippen molar-refractivity contribution in [2.24, 2.45) is 5.92 Å². The minimum absolute atomic E-state index is 0.0855. The molecule has 1 atom stereocenters. The highest BCUT2D eigenvalue weighted by atomic mass is 16.5. The van der Waals surface area contributed by atoms with Crippen LogP contribution in [0.4, 0.5) is 4.79 Å². The molecular formula is C18H29N3O2. The smallest absolute Gasteiger partial charge is 0.314 e. The van der Waals surface area contributed by atoms with Crippen LogP contribution < -0.4 is 10.6 Å². The molecule has 128 valence electrons. The number of carbonyl (C=O) groups is 1. The van der Waals surface area contributed by atoms with E-state index in [-0.39, 0.29) is 12.1 Å². The van der Waals surface area contributed by atoms with Gasteiger partial charge in [-0.05, 0) is 17.9 Å². The summed E-state index contributed by atoms with van der Waals surface area (Å²) in [5.74, 6) is 0.656. The normalized spacial score (nSPS) is 18.8. The molecule has 0 saturated carbocycles. The molecule has 1 fully saturated rings. The van der Waals surface area contributed by atoms with Crippen LogP contribution in [0.25, 0.3) is 0 Å². The standard InChI is InChI=1S/C18H29N3O2/c1-15(2)13-21-10-11-23-17(14-21)12-20-18(22)19-9-8-16-6-4-3-5-7-16/h3-7,15,17H,8-14H2,1-2H3,(H2,19,20,22). The fourth-order valence-electron chi connectivity index (χ4n) is 2.82. The highest BCUT2D eigenvalue weighted by molar-refractivity contribution is 5.73. The Morgan fingerprint density at radius 2 is 2.09 bits per heavy atom. The van der Waals surface area contributed by atoms with Gasteiger partial charge in [-0.1, -0.05) is 44.2 Å². The lowest BCUT2D eigenvalue weighted by atomic mass is 10.1. The van der Waals surface area contributed by atoms with Gasteiger partial charge in [0.2, 0.25) is 0 Å². The third-order valence-corrected chi connectivity index (χ3v) is 3.88. The molecule has 0 radical (unpaired) electrons. The maximum atomic E-state index is 11.8. The van der Waals surface area contributed by atoms with Gasteiger partial charge < -0.3 is 15.4 Å². The summed E-state index contributed by atoms with van der Waals surface area (Å²) in [7, 11) is 0. The van der Waals surface area contributed by atoms with E-state index in [1.807, 2.05) is 18.2 Å². The number of nitrogens with one attached hydrogen (secondary N) is 2. The molecule has 5 nitrogen and oxygen atoms in total. The number of hydrogen-bond acceptors (Lipinski definition) is 3. The summed E-state index contributed by atoms with van der Waals surface area (Å²) in [4.78, 5) is 14.3. The highest BCUT2D eigenvalue weighted by Gasteiger charge is 2.21. The molecule has 5 heteroatoms. The number of amides is 2. The quantitative estimate of drug-likeness (QED) is 0.807. The van der Waals surface area contributed by atoms with Crippen LogP contribution in [0.5, 0.6) is 0 Å². The first-order chi connectivity index (χ1) is 11.1. The van der Waals surface area contributed by atoms with Gasteiger partial charge in [0.15, 0.2) is 0 Å². The van der Waals surface area contributed by atoms with E-state index < -0.39 is 0 Å². The van der Waals surface area contributed by atoms with E-state index in [4.69, 9.17) is 4.74 Å². The summed E-state index contributed by atoms with van der Waals surface area (Å²) in [6.07, 6.45) is 0.929. The zero-order valence-corrected chi connectivity index (χ0v) is 14.3. The molecule has 1 aliphatic rings. The highest BCUT2D eigenvalue weighted by Crippen LogP contribution is 2.07. The average molecular weight is 319 g/mol. The van der Waals surface area contributed by atoms with Crippen LogP contribution in [0.1, 0.15) is 19.4 Å². The third kappa shape index (κ3) is 7.01. The van der Waals surface area contributed by atoms with Gasteiger partial charge in [-0.3, -0.25) is 4.90 Å². The van der Waals surface area contributed by atoms with Gasteiger partial charge in [0, 0.05) is 32.7 Å². The van der Waals surface area contributed by atoms with Crippen LogP contribution in [0.2, 0.25) is 0 Å². The Morgan fingerprint density at radius 3 is 2.83 bits per heavy atom. The van der Waals surface area contributed by atoms with Gasteiger partial charge in [-0.25, -0.2) is 4.79 Å². The first-order valence-corrected chi connectivity index (χ1v) is 8.53. The van der Waals surface area contributed by atoms with Crippen molar-refractivity contribution in [1.29, 1.82) is 0 Å². The van der Waals surface area contributed by atoms with Gasteiger partial charge >= 0.3 is 6.03 Å². The Morgan fingerprint density at radius 1 is 1.30 bits per heavy atom. The SMILES string of the molecule is CC(C)CN1CCOC(CNC(=O)NCCc2ccccc2)C1. The molecule has 1 aromatic carbocycles. The molecule has 0 spiro atoms. The molecule has 2 amide bonds. The number of ether oxygens (including phenoxy) is 1. The number of benzene rings is 1. The summed E-state index contributed by atoms with van der Waals surface area (Å²) in [6, 6.07) is 10.0. The van der Waals surface area contributed by atoms with E-state index in [0.29, 0.717) is 19.0 Å². The van der Waals surface area contributed by atoms with Gasteiger partial charge in [-0.2, -0.15) is 0 Å². The predicted molar refractivity (Wildman–Crippen MR) is 92.6 cm³/mol. The summed E-state index contributed by atoms with van der Waals surface area (Å²) in [5, 5.41) is 5.81. The summed E-state index contributed by atoms with van der Waals surface area (Å²) in [5.41, 5.74) is 1.23. The second-order valence-electron chi connectivity index (χ2n) is 6.52. The second kappa shape index (κ2) is 9.53. The Balaban J connectivity index is 1.60. The van der Waals surface area contributed by atoms with Crippen LogP contribution in [0.15, 0.2) is 30.3 Å². The van der Waals surface area contributed by atoms with Gasteiger partial charge in [0.1, 0.15) is 0 Å². The molecular weight excluding hydrogens is 290 g/mol. The van der Waals surface area contributed by atoms with Crippen LogP contribution in [0.3, 0.4) is 0 Å². The average Bonchev–Trinajstić information content (AvgIpc) is 2.54. The van der Waals surface area contributed by atoms with Crippen LogP contribution in [0, 0.1) is 5.92 Å². The third-order valence-electron chi connectivity index (χ3n) is 3.88. The van der Waals surface area contributed by atoms with Crippen molar-refractivity contribution in [3.05, 3.63) is 35.9 Å². The molecule has 1 aromatic rings. The molecule has 1 unspecified atom stereocenters. The molecule has 2 N–H and O–H groups in total. The van der Waals surface area contributed by atoms with E-state index in [2.05, 4.69) is 41.5 Å². The van der Waals surface area contributed by atoms with E-state index in [9.17, 15) is 4.79 Å². The Labute approximate surface area is 139 Å². The predicted octanol–water partition coefficient (Wildman–Crippen LogP) is 1.89. The molecule has 0 aromatic heterocycles. The van der Waals surface area contributed by atoms with Gasteiger partial charge in [0.25, 0.3) is 0 Å². The zero-order valence-electron chi connectivity index (χ0n) is 14.3. The minimum atomic E-state index is -0.120. The maximum absolute atomic E-state index is 11.8. The lowest BCUT2D eigenvalue weighted by molar-refractivity contribution is -0.0290. The minimum Gasteiger partial charge on any atom is -0.374 e. The topological polar surface area (TPSA) is 53.6 Å². The van der Waals surface area contributed by atoms with E-state index >= 15 is 0 Å². The fourth-order valence-corrected chi connectivity index (χ4v) is 2.82. The summed E-state index contributed by atoms with van der Waals surface area (Å²) < 4.78 is 5.73. The first-order valence-electron chi connectivity index (χ1n) is 8.53. The number of nitrogens with zero attached hydrogens (tertiary/aromatic N) is 1. The summed E-state index contributed by atoms with van der Waals surface area (Å²) >= 11 is 0. The van der Waals surface area contributed by atoms with E-state index in [1.165, 1.54) is 5.56 Å². The van der Waals surface area contributed by atoms with E-state index in [0.717, 1.165) is 32.7 Å². The fraction of sp³-hybridized carbons (Fsp3) is 0.611. The van der Waals surface area contributed by atoms with Gasteiger partial charge in [-0.15, -0.1) is 0 Å². The molecule has 1 aliphatic heterocycles. The Bertz CT molecular complexity index is 465. The molecule has 0 bridgehead atoms. The molecule has 1 heterocycles. The largest absolute Gasteiger partial charge is 0.374 e. The van der Waals surface area contributed by atoms with Crippen molar-refractivity contribution in [2.45, 2.75) is 26.4 Å².